The Labute approximate surface area is 196 Å². The maximum absolute atomic E-state index is 14.1. The van der Waals surface area contributed by atoms with Crippen molar-refractivity contribution in [1.29, 1.82) is 5.26 Å². The largest absolute Gasteiger partial charge is 0.378 e. The number of morpholine rings is 1. The molecular weight excluding hydrogens is 436 g/mol. The molecule has 4 heterocycles. The zero-order valence-corrected chi connectivity index (χ0v) is 19.0. The molecular formula is C24H26N6O4. The molecule has 1 fully saturated rings. The van der Waals surface area contributed by atoms with Gasteiger partial charge in [0.1, 0.15) is 17.2 Å². The van der Waals surface area contributed by atoms with Crippen molar-refractivity contribution in [3.8, 4) is 6.07 Å². The lowest BCUT2D eigenvalue weighted by Gasteiger charge is -2.37. The van der Waals surface area contributed by atoms with Crippen molar-refractivity contribution in [3.63, 3.8) is 0 Å². The van der Waals surface area contributed by atoms with Gasteiger partial charge in [0, 0.05) is 25.3 Å². The number of nitriles is 1. The number of nitrogens with zero attached hydrogens (tertiary/aromatic N) is 4. The summed E-state index contributed by atoms with van der Waals surface area (Å²) in [4.78, 5) is 51.7. The monoisotopic (exact) mass is 462 g/mol. The number of para-hydroxylation sites is 1. The molecule has 10 nitrogen and oxygen atoms in total. The minimum Gasteiger partial charge on any atom is -0.378 e. The summed E-state index contributed by atoms with van der Waals surface area (Å²) in [6.45, 7) is 4.57. The van der Waals surface area contributed by atoms with E-state index in [-0.39, 0.29) is 11.4 Å². The highest BCUT2D eigenvalue weighted by molar-refractivity contribution is 6.17. The minimum absolute atomic E-state index is 0.0195. The number of H-pyrrole nitrogens is 1. The molecule has 10 heteroatoms. The molecule has 3 aliphatic rings. The van der Waals surface area contributed by atoms with Crippen LogP contribution in [0.1, 0.15) is 37.3 Å². The first kappa shape index (κ1) is 22.1. The zero-order chi connectivity index (χ0) is 23.9. The van der Waals surface area contributed by atoms with Crippen LogP contribution in [0.4, 0.5) is 17.5 Å². The second-order valence-corrected chi connectivity index (χ2v) is 8.75. The molecule has 0 aliphatic carbocycles. The first-order valence-corrected chi connectivity index (χ1v) is 11.6. The number of amides is 2. The third-order valence-electron chi connectivity index (χ3n) is 6.87. The van der Waals surface area contributed by atoms with E-state index in [1.54, 1.807) is 23.1 Å². The topological polar surface area (TPSA) is 131 Å². The summed E-state index contributed by atoms with van der Waals surface area (Å²) in [5.41, 5.74) is -1.15. The van der Waals surface area contributed by atoms with Gasteiger partial charge in [0.05, 0.1) is 24.8 Å². The standard InChI is InChI=1S/C24H26N6O4/c1-2-3-6-9-30-17-8-5-4-7-15(17)24(22(30)33)16(14-25)20(31)26-19-18(24)21(32)28-23(27-19)29-10-12-34-13-11-29/h4-5,7-8,16H,2-3,6,9-13H2,1H3,(H2,26,27,28,31,32)/t16-,24+/m0/s1. The van der Waals surface area contributed by atoms with Crippen LogP contribution < -0.4 is 20.7 Å². The van der Waals surface area contributed by atoms with Gasteiger partial charge in [-0.2, -0.15) is 10.2 Å². The van der Waals surface area contributed by atoms with E-state index in [0.29, 0.717) is 50.0 Å². The number of benzene rings is 1. The highest BCUT2D eigenvalue weighted by Crippen LogP contribution is 2.53. The fourth-order valence-corrected chi connectivity index (χ4v) is 5.27. The second-order valence-electron chi connectivity index (χ2n) is 8.75. The number of nitrogens with one attached hydrogen (secondary N) is 2. The molecule has 2 aromatic rings. The summed E-state index contributed by atoms with van der Waals surface area (Å²) >= 11 is 0. The van der Waals surface area contributed by atoms with Crippen LogP contribution in [-0.2, 0) is 19.7 Å². The molecule has 176 valence electrons. The summed E-state index contributed by atoms with van der Waals surface area (Å²) in [5, 5.41) is 12.7. The molecule has 0 saturated carbocycles. The molecule has 2 atom stereocenters. The second kappa shape index (κ2) is 8.57. The lowest BCUT2D eigenvalue weighted by Crippen LogP contribution is -2.56. The van der Waals surface area contributed by atoms with E-state index in [1.807, 2.05) is 17.0 Å². The summed E-state index contributed by atoms with van der Waals surface area (Å²) in [5.74, 6) is -2.14. The third-order valence-corrected chi connectivity index (χ3v) is 6.87. The van der Waals surface area contributed by atoms with E-state index in [4.69, 9.17) is 4.74 Å². The zero-order valence-electron chi connectivity index (χ0n) is 19.0. The Morgan fingerprint density at radius 1 is 1.21 bits per heavy atom. The highest BCUT2D eigenvalue weighted by atomic mass is 16.5. The Bertz CT molecular complexity index is 1240. The number of ether oxygens (including phenoxy) is 1. The van der Waals surface area contributed by atoms with E-state index in [0.717, 1.165) is 19.3 Å². The molecule has 3 aliphatic heterocycles. The van der Waals surface area contributed by atoms with Crippen molar-refractivity contribution in [1.82, 2.24) is 9.97 Å². The van der Waals surface area contributed by atoms with Crippen LogP contribution in [0.25, 0.3) is 0 Å². The van der Waals surface area contributed by atoms with Gasteiger partial charge in [0.2, 0.25) is 17.8 Å². The summed E-state index contributed by atoms with van der Waals surface area (Å²) in [7, 11) is 0. The van der Waals surface area contributed by atoms with Gasteiger partial charge in [0.15, 0.2) is 0 Å². The maximum Gasteiger partial charge on any atom is 0.259 e. The Balaban J connectivity index is 1.72. The van der Waals surface area contributed by atoms with Gasteiger partial charge >= 0.3 is 0 Å². The van der Waals surface area contributed by atoms with Crippen molar-refractivity contribution >= 4 is 29.3 Å². The smallest absolute Gasteiger partial charge is 0.259 e. The number of aromatic nitrogens is 2. The number of fused-ring (bicyclic) bond motifs is 4. The predicted octanol–water partition coefficient (Wildman–Crippen LogP) is 1.52. The van der Waals surface area contributed by atoms with Crippen LogP contribution in [0.15, 0.2) is 29.1 Å². The van der Waals surface area contributed by atoms with Crippen LogP contribution in [0, 0.1) is 17.2 Å². The number of anilines is 3. The number of unbranched alkanes of at least 4 members (excludes halogenated alkanes) is 2. The Morgan fingerprint density at radius 2 is 1.97 bits per heavy atom. The van der Waals surface area contributed by atoms with Gasteiger partial charge in [-0.15, -0.1) is 0 Å². The maximum atomic E-state index is 14.1. The summed E-state index contributed by atoms with van der Waals surface area (Å²) < 4.78 is 5.37. The lowest BCUT2D eigenvalue weighted by atomic mass is 9.65. The highest BCUT2D eigenvalue weighted by Gasteiger charge is 2.63. The number of hydrogen-bond acceptors (Lipinski definition) is 7. The fourth-order valence-electron chi connectivity index (χ4n) is 5.27. The Kier molecular flexibility index (Phi) is 5.57. The van der Waals surface area contributed by atoms with Crippen LogP contribution in [0.3, 0.4) is 0 Å². The normalized spacial score (nSPS) is 23.5. The summed E-state index contributed by atoms with van der Waals surface area (Å²) in [6, 6.07) is 9.13. The van der Waals surface area contributed by atoms with E-state index < -0.39 is 28.7 Å². The van der Waals surface area contributed by atoms with Gasteiger partial charge in [-0.3, -0.25) is 19.4 Å². The SMILES string of the molecule is CCCCCN1C(=O)[C@@]2(c3ccccc31)c1c(nc(N3CCOCC3)[nH]c1=O)NC(=O)[C@@H]2C#N. The molecule has 0 unspecified atom stereocenters. The first-order valence-electron chi connectivity index (χ1n) is 11.6. The minimum atomic E-state index is -1.75. The number of hydrogen-bond donors (Lipinski definition) is 2. The molecule has 0 radical (unpaired) electrons. The third kappa shape index (κ3) is 3.11. The number of carbonyl (C=O) groups is 2. The van der Waals surface area contributed by atoms with Crippen molar-refractivity contribution in [2.45, 2.75) is 31.6 Å². The molecule has 0 bridgehead atoms. The Morgan fingerprint density at radius 3 is 2.71 bits per heavy atom. The predicted molar refractivity (Wildman–Crippen MR) is 125 cm³/mol. The van der Waals surface area contributed by atoms with Crippen LogP contribution in [0.2, 0.25) is 0 Å². The molecule has 1 aromatic heterocycles. The van der Waals surface area contributed by atoms with E-state index in [2.05, 4.69) is 22.2 Å². The van der Waals surface area contributed by atoms with Crippen molar-refractivity contribution in [2.75, 3.05) is 48.0 Å². The molecule has 34 heavy (non-hydrogen) atoms. The first-order chi connectivity index (χ1) is 16.5. The number of carbonyl (C=O) groups excluding carboxylic acids is 2. The van der Waals surface area contributed by atoms with Crippen molar-refractivity contribution < 1.29 is 14.3 Å². The van der Waals surface area contributed by atoms with Gasteiger partial charge in [-0.1, -0.05) is 38.0 Å². The molecule has 1 saturated heterocycles. The van der Waals surface area contributed by atoms with E-state index >= 15 is 0 Å². The lowest BCUT2D eigenvalue weighted by molar-refractivity contribution is -0.129. The van der Waals surface area contributed by atoms with Crippen molar-refractivity contribution in [2.24, 2.45) is 5.92 Å². The summed E-state index contributed by atoms with van der Waals surface area (Å²) in [6.07, 6.45) is 2.69. The quantitative estimate of drug-likeness (QED) is 0.644. The molecule has 2 amide bonds. The van der Waals surface area contributed by atoms with Gasteiger partial charge in [-0.25, -0.2) is 0 Å². The average molecular weight is 463 g/mol. The van der Waals surface area contributed by atoms with Crippen LogP contribution in [-0.4, -0.2) is 54.6 Å². The average Bonchev–Trinajstić information content (AvgIpc) is 3.08. The van der Waals surface area contributed by atoms with Crippen LogP contribution >= 0.6 is 0 Å². The molecule has 5 rings (SSSR count). The van der Waals surface area contributed by atoms with Crippen LogP contribution in [0.5, 0.6) is 0 Å². The number of aromatic amines is 1. The van der Waals surface area contributed by atoms with Crippen molar-refractivity contribution in [3.05, 3.63) is 45.7 Å². The molecule has 2 N–H and O–H groups in total. The number of rotatable bonds is 5. The Hall–Kier alpha value is -3.71. The molecule has 1 spiro atoms. The molecule has 1 aromatic carbocycles. The fraction of sp³-hybridized carbons (Fsp3) is 0.458. The van der Waals surface area contributed by atoms with E-state index in [9.17, 15) is 19.6 Å². The van der Waals surface area contributed by atoms with Gasteiger partial charge in [-0.05, 0) is 18.1 Å². The van der Waals surface area contributed by atoms with E-state index in [1.165, 1.54) is 0 Å². The van der Waals surface area contributed by atoms with Gasteiger partial charge in [0.25, 0.3) is 5.56 Å². The van der Waals surface area contributed by atoms with Gasteiger partial charge < -0.3 is 19.9 Å².